The Morgan fingerprint density at radius 2 is 1.95 bits per heavy atom. The van der Waals surface area contributed by atoms with Crippen LogP contribution in [0.1, 0.15) is 22.5 Å². The first kappa shape index (κ1) is 12.8. The van der Waals surface area contributed by atoms with E-state index in [1.807, 2.05) is 28.5 Å². The summed E-state index contributed by atoms with van der Waals surface area (Å²) in [5, 5.41) is 1.96. The number of carbonyl (C=O) groups excluding carboxylic acids is 1. The number of hydrogen-bond donors (Lipinski definition) is 0. The molecule has 2 aromatic rings. The molecule has 0 aliphatic carbocycles. The minimum absolute atomic E-state index is 0.174. The van der Waals surface area contributed by atoms with Crippen molar-refractivity contribution >= 4 is 23.2 Å². The third-order valence-electron chi connectivity index (χ3n) is 4.38. The Hall–Kier alpha value is -1.95. The molecule has 2 aromatic heterocycles. The maximum absolute atomic E-state index is 12.6. The fourth-order valence-electron chi connectivity index (χ4n) is 3.47. The monoisotopic (exact) mass is 300 g/mol. The minimum atomic E-state index is 0.174. The van der Waals surface area contributed by atoms with Gasteiger partial charge in [-0.2, -0.15) is 0 Å². The van der Waals surface area contributed by atoms with Crippen molar-refractivity contribution in [2.45, 2.75) is 24.9 Å². The molecule has 0 N–H and O–H groups in total. The third-order valence-corrected chi connectivity index (χ3v) is 5.24. The Labute approximate surface area is 127 Å². The second-order valence-corrected chi connectivity index (χ2v) is 6.38. The molecule has 4 rings (SSSR count). The molecule has 0 bridgehead atoms. The Morgan fingerprint density at radius 3 is 2.71 bits per heavy atom. The van der Waals surface area contributed by atoms with Crippen LogP contribution in [0.4, 0.5) is 5.95 Å². The van der Waals surface area contributed by atoms with Crippen molar-refractivity contribution in [1.29, 1.82) is 0 Å². The van der Waals surface area contributed by atoms with Gasteiger partial charge in [-0.05, 0) is 30.4 Å². The molecule has 2 saturated heterocycles. The van der Waals surface area contributed by atoms with E-state index in [0.29, 0.717) is 12.1 Å². The Bertz CT molecular complexity index is 630. The van der Waals surface area contributed by atoms with Crippen LogP contribution in [0.3, 0.4) is 0 Å². The van der Waals surface area contributed by atoms with Gasteiger partial charge in [0.25, 0.3) is 5.91 Å². The van der Waals surface area contributed by atoms with Crippen LogP contribution >= 0.6 is 11.3 Å². The fourth-order valence-corrected chi connectivity index (χ4v) is 4.15. The highest BCUT2D eigenvalue weighted by atomic mass is 32.1. The summed E-state index contributed by atoms with van der Waals surface area (Å²) in [4.78, 5) is 26.4. The van der Waals surface area contributed by atoms with E-state index < -0.39 is 0 Å². The zero-order chi connectivity index (χ0) is 14.2. The van der Waals surface area contributed by atoms with Gasteiger partial charge in [-0.3, -0.25) is 4.79 Å². The van der Waals surface area contributed by atoms with Crippen molar-refractivity contribution in [2.24, 2.45) is 0 Å². The lowest BCUT2D eigenvalue weighted by atomic mass is 10.1. The minimum Gasteiger partial charge on any atom is -0.336 e. The van der Waals surface area contributed by atoms with Gasteiger partial charge in [0.1, 0.15) is 0 Å². The van der Waals surface area contributed by atoms with Crippen LogP contribution in [-0.2, 0) is 0 Å². The molecule has 2 atom stereocenters. The molecule has 108 valence electrons. The van der Waals surface area contributed by atoms with Crippen molar-refractivity contribution in [3.8, 4) is 0 Å². The van der Waals surface area contributed by atoms with E-state index in [1.165, 1.54) is 11.3 Å². The van der Waals surface area contributed by atoms with Gasteiger partial charge in [0.15, 0.2) is 0 Å². The number of anilines is 1. The number of likely N-dealkylation sites (tertiary alicyclic amines) is 1. The smallest absolute Gasteiger partial charge is 0.264 e. The molecule has 0 unspecified atom stereocenters. The zero-order valence-corrected chi connectivity index (χ0v) is 12.4. The molecule has 5 nitrogen and oxygen atoms in total. The molecule has 0 spiro atoms. The normalized spacial score (nSPS) is 24.4. The van der Waals surface area contributed by atoms with Gasteiger partial charge < -0.3 is 9.80 Å². The maximum atomic E-state index is 12.6. The summed E-state index contributed by atoms with van der Waals surface area (Å²) in [5.74, 6) is 0.962. The maximum Gasteiger partial charge on any atom is 0.264 e. The van der Waals surface area contributed by atoms with Gasteiger partial charge in [0.05, 0.1) is 17.0 Å². The lowest BCUT2D eigenvalue weighted by Crippen LogP contribution is -2.39. The Morgan fingerprint density at radius 1 is 1.14 bits per heavy atom. The van der Waals surface area contributed by atoms with Gasteiger partial charge in [-0.15, -0.1) is 11.3 Å². The van der Waals surface area contributed by atoms with Crippen molar-refractivity contribution < 1.29 is 4.79 Å². The van der Waals surface area contributed by atoms with Crippen molar-refractivity contribution in [2.75, 3.05) is 18.0 Å². The summed E-state index contributed by atoms with van der Waals surface area (Å²) in [6.07, 6.45) is 5.55. The largest absolute Gasteiger partial charge is 0.336 e. The molecule has 6 heteroatoms. The van der Waals surface area contributed by atoms with Crippen LogP contribution in [0.15, 0.2) is 36.0 Å². The predicted octanol–water partition coefficient (Wildman–Crippen LogP) is 2.03. The van der Waals surface area contributed by atoms with E-state index in [4.69, 9.17) is 0 Å². The topological polar surface area (TPSA) is 49.3 Å². The van der Waals surface area contributed by atoms with Crippen LogP contribution < -0.4 is 4.90 Å². The summed E-state index contributed by atoms with van der Waals surface area (Å²) >= 11 is 1.52. The average Bonchev–Trinajstić information content (AvgIpc) is 3.24. The van der Waals surface area contributed by atoms with E-state index in [1.54, 1.807) is 12.4 Å². The van der Waals surface area contributed by atoms with E-state index in [-0.39, 0.29) is 5.91 Å². The van der Waals surface area contributed by atoms with Crippen molar-refractivity contribution in [3.05, 3.63) is 40.8 Å². The highest BCUT2D eigenvalue weighted by Crippen LogP contribution is 2.34. The van der Waals surface area contributed by atoms with Crippen LogP contribution in [0.2, 0.25) is 0 Å². The number of thiophene rings is 1. The SMILES string of the molecule is O=C(c1cccs1)N1CC[C@H]2[C@H]1CCN2c1ncccn1. The number of fused-ring (bicyclic) bond motifs is 1. The molecule has 2 aliphatic heterocycles. The van der Waals surface area contributed by atoms with Gasteiger partial charge in [-0.25, -0.2) is 9.97 Å². The van der Waals surface area contributed by atoms with Crippen LogP contribution in [0, 0.1) is 0 Å². The first-order chi connectivity index (χ1) is 10.3. The van der Waals surface area contributed by atoms with Gasteiger partial charge in [-0.1, -0.05) is 6.07 Å². The second-order valence-electron chi connectivity index (χ2n) is 5.43. The standard InChI is InChI=1S/C15H16N4OS/c20-14(13-3-1-10-21-13)18-8-4-12-11(18)5-9-19(12)15-16-6-2-7-17-15/h1-3,6-7,10-12H,4-5,8-9H2/t11-,12+/m1/s1. The molecule has 2 fully saturated rings. The van der Waals surface area contributed by atoms with Crippen LogP contribution in [0.5, 0.6) is 0 Å². The number of carbonyl (C=O) groups is 1. The van der Waals surface area contributed by atoms with E-state index in [0.717, 1.165) is 36.8 Å². The van der Waals surface area contributed by atoms with E-state index >= 15 is 0 Å². The Kier molecular flexibility index (Phi) is 3.11. The first-order valence-corrected chi connectivity index (χ1v) is 8.11. The highest BCUT2D eigenvalue weighted by molar-refractivity contribution is 7.12. The molecule has 0 saturated carbocycles. The number of hydrogen-bond acceptors (Lipinski definition) is 5. The lowest BCUT2D eigenvalue weighted by molar-refractivity contribution is 0.0742. The number of nitrogens with zero attached hydrogens (tertiary/aromatic N) is 4. The quantitative estimate of drug-likeness (QED) is 0.851. The van der Waals surface area contributed by atoms with Gasteiger partial charge in [0.2, 0.25) is 5.95 Å². The fraction of sp³-hybridized carbons (Fsp3) is 0.400. The number of amides is 1. The molecule has 2 aliphatic rings. The van der Waals surface area contributed by atoms with E-state index in [2.05, 4.69) is 14.9 Å². The molecular weight excluding hydrogens is 284 g/mol. The van der Waals surface area contributed by atoms with Gasteiger partial charge in [0, 0.05) is 25.5 Å². The van der Waals surface area contributed by atoms with Crippen molar-refractivity contribution in [1.82, 2.24) is 14.9 Å². The molecule has 0 radical (unpaired) electrons. The summed E-state index contributed by atoms with van der Waals surface area (Å²) < 4.78 is 0. The number of aromatic nitrogens is 2. The molecule has 4 heterocycles. The van der Waals surface area contributed by atoms with Crippen LogP contribution in [-0.4, -0.2) is 45.9 Å². The molecule has 0 aromatic carbocycles. The summed E-state index contributed by atoms with van der Waals surface area (Å²) in [5.41, 5.74) is 0. The summed E-state index contributed by atoms with van der Waals surface area (Å²) in [7, 11) is 0. The number of rotatable bonds is 2. The summed E-state index contributed by atoms with van der Waals surface area (Å²) in [6.45, 7) is 1.75. The molecule has 1 amide bonds. The third kappa shape index (κ3) is 2.10. The predicted molar refractivity (Wildman–Crippen MR) is 81.5 cm³/mol. The molecular formula is C15H16N4OS. The van der Waals surface area contributed by atoms with Crippen LogP contribution in [0.25, 0.3) is 0 Å². The lowest BCUT2D eigenvalue weighted by Gasteiger charge is -2.25. The second kappa shape index (κ2) is 5.11. The Balaban J connectivity index is 1.55. The van der Waals surface area contributed by atoms with E-state index in [9.17, 15) is 4.79 Å². The summed E-state index contributed by atoms with van der Waals surface area (Å²) in [6, 6.07) is 6.33. The first-order valence-electron chi connectivity index (χ1n) is 7.23. The molecule has 21 heavy (non-hydrogen) atoms. The highest BCUT2D eigenvalue weighted by Gasteiger charge is 2.45. The average molecular weight is 300 g/mol. The zero-order valence-electron chi connectivity index (χ0n) is 11.6. The van der Waals surface area contributed by atoms with Gasteiger partial charge >= 0.3 is 0 Å². The van der Waals surface area contributed by atoms with Crippen molar-refractivity contribution in [3.63, 3.8) is 0 Å².